The van der Waals surface area contributed by atoms with Crippen LogP contribution < -0.4 is 5.32 Å². The SMILES string of the molecule is O=C(Nc1ccccc1Cl)C(=O)c1ccc[nH]1. The average molecular weight is 249 g/mol. The summed E-state index contributed by atoms with van der Waals surface area (Å²) in [6.45, 7) is 0. The summed E-state index contributed by atoms with van der Waals surface area (Å²) in [7, 11) is 0. The van der Waals surface area contributed by atoms with Gasteiger partial charge in [0.2, 0.25) is 0 Å². The van der Waals surface area contributed by atoms with Gasteiger partial charge in [-0.05, 0) is 24.3 Å². The number of para-hydroxylation sites is 1. The number of Topliss-reactive ketones (excluding diaryl/α,β-unsaturated/α-hetero) is 1. The van der Waals surface area contributed by atoms with Crippen molar-refractivity contribution in [3.8, 4) is 0 Å². The number of aromatic amines is 1. The predicted octanol–water partition coefficient (Wildman–Crippen LogP) is 2.49. The summed E-state index contributed by atoms with van der Waals surface area (Å²) in [6, 6.07) is 9.91. The van der Waals surface area contributed by atoms with Gasteiger partial charge >= 0.3 is 0 Å². The molecule has 1 heterocycles. The fourth-order valence-corrected chi connectivity index (χ4v) is 1.52. The molecule has 1 aromatic heterocycles. The first-order chi connectivity index (χ1) is 8.18. The molecule has 0 aliphatic carbocycles. The number of H-pyrrole nitrogens is 1. The van der Waals surface area contributed by atoms with Crippen molar-refractivity contribution in [2.45, 2.75) is 0 Å². The molecule has 0 aliphatic heterocycles. The molecule has 0 spiro atoms. The highest BCUT2D eigenvalue weighted by atomic mass is 35.5. The number of aromatic nitrogens is 1. The van der Waals surface area contributed by atoms with Gasteiger partial charge in [0, 0.05) is 6.20 Å². The Kier molecular flexibility index (Phi) is 3.25. The summed E-state index contributed by atoms with van der Waals surface area (Å²) in [4.78, 5) is 25.9. The fourth-order valence-electron chi connectivity index (χ4n) is 1.34. The van der Waals surface area contributed by atoms with E-state index >= 15 is 0 Å². The van der Waals surface area contributed by atoms with Gasteiger partial charge in [-0.2, -0.15) is 0 Å². The Balaban J connectivity index is 2.13. The van der Waals surface area contributed by atoms with Crippen LogP contribution >= 0.6 is 11.6 Å². The zero-order valence-corrected chi connectivity index (χ0v) is 9.49. The molecular formula is C12H9ClN2O2. The van der Waals surface area contributed by atoms with Crippen molar-refractivity contribution in [1.29, 1.82) is 0 Å². The largest absolute Gasteiger partial charge is 0.358 e. The van der Waals surface area contributed by atoms with E-state index in [4.69, 9.17) is 11.6 Å². The van der Waals surface area contributed by atoms with Crippen LogP contribution in [0.4, 0.5) is 5.69 Å². The standard InChI is InChI=1S/C12H9ClN2O2/c13-8-4-1-2-5-9(8)15-12(17)11(16)10-6-3-7-14-10/h1-7,14H,(H,15,17). The Labute approximate surface area is 103 Å². The molecule has 0 saturated carbocycles. The summed E-state index contributed by atoms with van der Waals surface area (Å²) in [5.74, 6) is -1.35. The minimum absolute atomic E-state index is 0.245. The van der Waals surface area contributed by atoms with Crippen molar-refractivity contribution in [3.63, 3.8) is 0 Å². The average Bonchev–Trinajstić information content (AvgIpc) is 2.84. The Morgan fingerprint density at radius 3 is 2.53 bits per heavy atom. The maximum atomic E-state index is 11.6. The lowest BCUT2D eigenvalue weighted by Gasteiger charge is -2.05. The molecule has 2 rings (SSSR count). The topological polar surface area (TPSA) is 62.0 Å². The van der Waals surface area contributed by atoms with Crippen molar-refractivity contribution >= 4 is 29.0 Å². The molecule has 0 aliphatic rings. The highest BCUT2D eigenvalue weighted by Crippen LogP contribution is 2.20. The molecular weight excluding hydrogens is 240 g/mol. The number of ketones is 1. The van der Waals surface area contributed by atoms with Crippen molar-refractivity contribution in [1.82, 2.24) is 4.98 Å². The molecule has 2 N–H and O–H groups in total. The van der Waals surface area contributed by atoms with Crippen LogP contribution in [0.3, 0.4) is 0 Å². The van der Waals surface area contributed by atoms with Crippen LogP contribution in [0.15, 0.2) is 42.6 Å². The van der Waals surface area contributed by atoms with Gasteiger partial charge in [0.25, 0.3) is 11.7 Å². The number of benzene rings is 1. The van der Waals surface area contributed by atoms with E-state index in [1.165, 1.54) is 6.07 Å². The summed E-state index contributed by atoms with van der Waals surface area (Å²) in [5, 5.41) is 2.85. The summed E-state index contributed by atoms with van der Waals surface area (Å²) in [6.07, 6.45) is 1.58. The van der Waals surface area contributed by atoms with Gasteiger partial charge in [-0.15, -0.1) is 0 Å². The molecule has 1 aromatic carbocycles. The molecule has 0 radical (unpaired) electrons. The molecule has 1 amide bonds. The molecule has 2 aromatic rings. The molecule has 0 bridgehead atoms. The predicted molar refractivity (Wildman–Crippen MR) is 65.2 cm³/mol. The Bertz CT molecular complexity index is 549. The van der Waals surface area contributed by atoms with E-state index in [1.807, 2.05) is 0 Å². The first kappa shape index (κ1) is 11.4. The highest BCUT2D eigenvalue weighted by molar-refractivity contribution is 6.47. The molecule has 86 valence electrons. The Morgan fingerprint density at radius 1 is 1.12 bits per heavy atom. The third-order valence-corrected chi connectivity index (χ3v) is 2.50. The Morgan fingerprint density at radius 2 is 1.88 bits per heavy atom. The molecule has 0 saturated heterocycles. The summed E-state index contributed by atoms with van der Waals surface area (Å²) < 4.78 is 0. The van der Waals surface area contributed by atoms with E-state index in [2.05, 4.69) is 10.3 Å². The fraction of sp³-hybridized carbons (Fsp3) is 0. The molecule has 0 fully saturated rings. The number of anilines is 1. The van der Waals surface area contributed by atoms with Crippen LogP contribution in [-0.4, -0.2) is 16.7 Å². The number of amides is 1. The van der Waals surface area contributed by atoms with Crippen LogP contribution in [0.5, 0.6) is 0 Å². The quantitative estimate of drug-likeness (QED) is 0.648. The van der Waals surface area contributed by atoms with Crippen LogP contribution in [-0.2, 0) is 4.79 Å². The van der Waals surface area contributed by atoms with Crippen molar-refractivity contribution in [3.05, 3.63) is 53.3 Å². The normalized spacial score (nSPS) is 9.94. The molecule has 5 heteroatoms. The summed E-state index contributed by atoms with van der Waals surface area (Å²) in [5.41, 5.74) is 0.661. The van der Waals surface area contributed by atoms with Crippen LogP contribution in [0.1, 0.15) is 10.5 Å². The number of rotatable bonds is 3. The van der Waals surface area contributed by atoms with E-state index in [0.29, 0.717) is 10.7 Å². The van der Waals surface area contributed by atoms with Crippen LogP contribution in [0.25, 0.3) is 0 Å². The summed E-state index contributed by atoms with van der Waals surface area (Å²) >= 11 is 5.86. The second-order valence-corrected chi connectivity index (χ2v) is 3.75. The number of nitrogens with one attached hydrogen (secondary N) is 2. The number of hydrogen-bond acceptors (Lipinski definition) is 2. The molecule has 4 nitrogen and oxygen atoms in total. The first-order valence-corrected chi connectivity index (χ1v) is 5.30. The van der Waals surface area contributed by atoms with Crippen LogP contribution in [0.2, 0.25) is 5.02 Å². The van der Waals surface area contributed by atoms with Crippen LogP contribution in [0, 0.1) is 0 Å². The van der Waals surface area contributed by atoms with Gasteiger partial charge in [0.05, 0.1) is 16.4 Å². The zero-order valence-electron chi connectivity index (χ0n) is 8.74. The second-order valence-electron chi connectivity index (χ2n) is 3.35. The maximum absolute atomic E-state index is 11.6. The van der Waals surface area contributed by atoms with Crippen molar-refractivity contribution < 1.29 is 9.59 Å². The van der Waals surface area contributed by atoms with Crippen molar-refractivity contribution in [2.24, 2.45) is 0 Å². The number of carbonyl (C=O) groups is 2. The van der Waals surface area contributed by atoms with E-state index in [1.54, 1.807) is 36.5 Å². The maximum Gasteiger partial charge on any atom is 0.298 e. The smallest absolute Gasteiger partial charge is 0.298 e. The lowest BCUT2D eigenvalue weighted by molar-refractivity contribution is -0.112. The van der Waals surface area contributed by atoms with Gasteiger partial charge in [-0.25, -0.2) is 0 Å². The highest BCUT2D eigenvalue weighted by Gasteiger charge is 2.17. The lowest BCUT2D eigenvalue weighted by Crippen LogP contribution is -2.23. The third-order valence-electron chi connectivity index (χ3n) is 2.17. The van der Waals surface area contributed by atoms with E-state index in [-0.39, 0.29) is 5.69 Å². The first-order valence-electron chi connectivity index (χ1n) is 4.92. The van der Waals surface area contributed by atoms with Crippen molar-refractivity contribution in [2.75, 3.05) is 5.32 Å². The molecule has 0 unspecified atom stereocenters. The van der Waals surface area contributed by atoms with Gasteiger partial charge in [-0.3, -0.25) is 9.59 Å². The Hall–Kier alpha value is -2.07. The van der Waals surface area contributed by atoms with E-state index in [0.717, 1.165) is 0 Å². The van der Waals surface area contributed by atoms with Gasteiger partial charge < -0.3 is 10.3 Å². The van der Waals surface area contributed by atoms with Gasteiger partial charge in [-0.1, -0.05) is 23.7 Å². The number of halogens is 1. The minimum Gasteiger partial charge on any atom is -0.358 e. The third kappa shape index (κ3) is 2.54. The number of carbonyl (C=O) groups excluding carboxylic acids is 2. The van der Waals surface area contributed by atoms with E-state index in [9.17, 15) is 9.59 Å². The van der Waals surface area contributed by atoms with E-state index < -0.39 is 11.7 Å². The zero-order chi connectivity index (χ0) is 12.3. The molecule has 17 heavy (non-hydrogen) atoms. The van der Waals surface area contributed by atoms with Gasteiger partial charge in [0.15, 0.2) is 0 Å². The second kappa shape index (κ2) is 4.84. The number of hydrogen-bond donors (Lipinski definition) is 2. The minimum atomic E-state index is -0.722. The van der Waals surface area contributed by atoms with Gasteiger partial charge in [0.1, 0.15) is 0 Å². The molecule has 0 atom stereocenters. The lowest BCUT2D eigenvalue weighted by atomic mass is 10.2. The monoisotopic (exact) mass is 248 g/mol.